The minimum Gasteiger partial charge on any atom is -0.482 e. The predicted octanol–water partition coefficient (Wildman–Crippen LogP) is 2.96. The minimum atomic E-state index is -3.92. The third-order valence-electron chi connectivity index (χ3n) is 5.17. The number of nitrogens with one attached hydrogen (secondary N) is 1. The van der Waals surface area contributed by atoms with E-state index in [9.17, 15) is 18.0 Å². The zero-order valence-electron chi connectivity index (χ0n) is 17.5. The summed E-state index contributed by atoms with van der Waals surface area (Å²) in [6, 6.07) is 15.1. The van der Waals surface area contributed by atoms with Gasteiger partial charge in [0.15, 0.2) is 11.4 Å². The third-order valence-corrected chi connectivity index (χ3v) is 7.68. The third kappa shape index (κ3) is 4.82. The summed E-state index contributed by atoms with van der Waals surface area (Å²) in [4.78, 5) is 24.4. The highest BCUT2D eigenvalue weighted by atomic mass is 32.2. The second-order valence-corrected chi connectivity index (χ2v) is 9.61. The Kier molecular flexibility index (Phi) is 6.84. The topological polar surface area (TPSA) is 102 Å². The molecule has 1 atom stereocenters. The molecule has 0 unspecified atom stereocenters. The second kappa shape index (κ2) is 9.38. The molecule has 1 heterocycles. The molecule has 0 radical (unpaired) electrons. The van der Waals surface area contributed by atoms with E-state index in [2.05, 4.69) is 5.32 Å². The van der Waals surface area contributed by atoms with Gasteiger partial charge in [0.05, 0.1) is 12.3 Å². The molecule has 9 heteroatoms. The van der Waals surface area contributed by atoms with Crippen LogP contribution in [0, 0.1) is 0 Å². The van der Waals surface area contributed by atoms with Crippen LogP contribution in [0.2, 0.25) is 0 Å². The van der Waals surface area contributed by atoms with E-state index < -0.39 is 26.6 Å². The summed E-state index contributed by atoms with van der Waals surface area (Å²) < 4.78 is 36.5. The van der Waals surface area contributed by atoms with Crippen LogP contribution in [-0.2, 0) is 24.3 Å². The molecule has 0 aromatic heterocycles. The van der Waals surface area contributed by atoms with Gasteiger partial charge in [0.1, 0.15) is 5.75 Å². The van der Waals surface area contributed by atoms with Crippen molar-refractivity contribution < 1.29 is 27.5 Å². The molecule has 0 saturated carbocycles. The van der Waals surface area contributed by atoms with Gasteiger partial charge in [-0.25, -0.2) is 13.2 Å². The average molecular weight is 447 g/mol. The van der Waals surface area contributed by atoms with Crippen molar-refractivity contribution in [1.82, 2.24) is 0 Å². The van der Waals surface area contributed by atoms with E-state index >= 15 is 0 Å². The molecule has 1 aliphatic rings. The highest BCUT2D eigenvalue weighted by Gasteiger charge is 2.51. The molecule has 2 aromatic rings. The maximum absolute atomic E-state index is 13.3. The van der Waals surface area contributed by atoms with E-state index in [-0.39, 0.29) is 19.6 Å². The quantitative estimate of drug-likeness (QED) is 0.656. The Labute approximate surface area is 182 Å². The zero-order chi connectivity index (χ0) is 22.5. The molecule has 1 aliphatic heterocycles. The molecule has 0 bridgehead atoms. The molecule has 0 spiro atoms. The number of carbonyl (C=O) groups excluding carboxylic acids is 2. The van der Waals surface area contributed by atoms with Crippen LogP contribution in [0.4, 0.5) is 11.4 Å². The number of ether oxygens (including phenoxy) is 2. The van der Waals surface area contributed by atoms with Crippen molar-refractivity contribution in [2.45, 2.75) is 31.4 Å². The van der Waals surface area contributed by atoms with Crippen molar-refractivity contribution in [3.8, 4) is 5.75 Å². The summed E-state index contributed by atoms with van der Waals surface area (Å²) in [7, 11) is -3.92. The lowest BCUT2D eigenvalue weighted by molar-refractivity contribution is -0.145. The van der Waals surface area contributed by atoms with Crippen LogP contribution in [0.3, 0.4) is 0 Å². The van der Waals surface area contributed by atoms with E-state index in [1.807, 2.05) is 6.07 Å². The average Bonchev–Trinajstić information content (AvgIpc) is 2.76. The van der Waals surface area contributed by atoms with Gasteiger partial charge in [0.25, 0.3) is 0 Å². The van der Waals surface area contributed by atoms with Crippen molar-refractivity contribution >= 4 is 33.3 Å². The van der Waals surface area contributed by atoms with Gasteiger partial charge < -0.3 is 14.8 Å². The molecule has 1 saturated heterocycles. The molecule has 3 rings (SSSR count). The Bertz CT molecular complexity index is 1020. The molecule has 1 amide bonds. The van der Waals surface area contributed by atoms with E-state index in [1.54, 1.807) is 55.5 Å². The number of para-hydroxylation sites is 1. The van der Waals surface area contributed by atoms with E-state index in [1.165, 1.54) is 11.2 Å². The van der Waals surface area contributed by atoms with Crippen molar-refractivity contribution in [3.05, 3.63) is 54.6 Å². The van der Waals surface area contributed by atoms with Crippen LogP contribution in [0.25, 0.3) is 0 Å². The highest BCUT2D eigenvalue weighted by molar-refractivity contribution is 7.95. The molecular formula is C22H26N2O6S. The second-order valence-electron chi connectivity index (χ2n) is 7.32. The summed E-state index contributed by atoms with van der Waals surface area (Å²) in [5.41, 5.74) is 0.978. The molecule has 1 N–H and O–H groups in total. The first-order valence-corrected chi connectivity index (χ1v) is 11.5. The minimum absolute atomic E-state index is 0.217. The van der Waals surface area contributed by atoms with Crippen molar-refractivity contribution in [2.75, 3.05) is 29.4 Å². The highest BCUT2D eigenvalue weighted by Crippen LogP contribution is 2.36. The van der Waals surface area contributed by atoms with Crippen LogP contribution >= 0.6 is 0 Å². The monoisotopic (exact) mass is 446 g/mol. The Balaban J connectivity index is 1.71. The van der Waals surface area contributed by atoms with Crippen molar-refractivity contribution in [1.29, 1.82) is 0 Å². The summed E-state index contributed by atoms with van der Waals surface area (Å²) in [5, 5.41) is 2.70. The molecule has 8 nitrogen and oxygen atoms in total. The first-order chi connectivity index (χ1) is 14.8. The lowest BCUT2D eigenvalue weighted by Gasteiger charge is -2.39. The molecular weight excluding hydrogens is 420 g/mol. The Morgan fingerprint density at radius 1 is 1.10 bits per heavy atom. The smallest absolute Gasteiger partial charge is 0.344 e. The Hall–Kier alpha value is -3.07. The number of nitrogens with zero attached hydrogens (tertiary/aromatic N) is 1. The van der Waals surface area contributed by atoms with Crippen LogP contribution in [0.15, 0.2) is 54.6 Å². The van der Waals surface area contributed by atoms with Gasteiger partial charge in [0.2, 0.25) is 15.9 Å². The van der Waals surface area contributed by atoms with Gasteiger partial charge in [-0.1, -0.05) is 18.2 Å². The van der Waals surface area contributed by atoms with Crippen molar-refractivity contribution in [2.24, 2.45) is 0 Å². The summed E-state index contributed by atoms with van der Waals surface area (Å²) in [5.74, 6) is -0.635. The number of rotatable bonds is 7. The summed E-state index contributed by atoms with van der Waals surface area (Å²) in [6.07, 6.45) is 0.796. The van der Waals surface area contributed by atoms with Crippen molar-refractivity contribution in [3.63, 3.8) is 0 Å². The zero-order valence-corrected chi connectivity index (χ0v) is 18.4. The van der Waals surface area contributed by atoms with Crippen LogP contribution in [0.1, 0.15) is 26.7 Å². The summed E-state index contributed by atoms with van der Waals surface area (Å²) >= 11 is 0. The lowest BCUT2D eigenvalue weighted by Crippen LogP contribution is -2.57. The number of anilines is 2. The largest absolute Gasteiger partial charge is 0.482 e. The predicted molar refractivity (Wildman–Crippen MR) is 118 cm³/mol. The van der Waals surface area contributed by atoms with Crippen LogP contribution < -0.4 is 14.4 Å². The number of sulfonamides is 1. The number of carbonyl (C=O) groups is 2. The first kappa shape index (κ1) is 22.6. The number of esters is 1. The molecule has 1 fully saturated rings. The fraction of sp³-hybridized carbons (Fsp3) is 0.364. The summed E-state index contributed by atoms with van der Waals surface area (Å²) in [6.45, 7) is 3.56. The van der Waals surface area contributed by atoms with Gasteiger partial charge in [-0.2, -0.15) is 0 Å². The number of benzene rings is 2. The van der Waals surface area contributed by atoms with Gasteiger partial charge >= 0.3 is 5.97 Å². The van der Waals surface area contributed by atoms with Gasteiger partial charge in [-0.05, 0) is 63.1 Å². The van der Waals surface area contributed by atoms with Gasteiger partial charge in [-0.15, -0.1) is 0 Å². The first-order valence-electron chi connectivity index (χ1n) is 10.0. The molecule has 31 heavy (non-hydrogen) atoms. The van der Waals surface area contributed by atoms with Gasteiger partial charge in [-0.3, -0.25) is 9.10 Å². The molecule has 2 aromatic carbocycles. The van der Waals surface area contributed by atoms with E-state index in [4.69, 9.17) is 9.47 Å². The fourth-order valence-corrected chi connectivity index (χ4v) is 5.33. The number of amides is 1. The van der Waals surface area contributed by atoms with Gasteiger partial charge in [0, 0.05) is 12.2 Å². The standard InChI is InChI=1S/C22H26N2O6S/c1-3-29-20(25)16-30-19-12-10-17(11-13-19)23-21(26)22(2)14-7-15-24(31(22,27)28)18-8-5-4-6-9-18/h4-6,8-13H,3,7,14-16H2,1-2H3,(H,23,26)/t22-/m0/s1. The number of hydrogen-bond acceptors (Lipinski definition) is 6. The maximum Gasteiger partial charge on any atom is 0.344 e. The van der Waals surface area contributed by atoms with E-state index in [0.717, 1.165) is 0 Å². The normalized spacial score (nSPS) is 20.0. The lowest BCUT2D eigenvalue weighted by atomic mass is 10.0. The molecule has 0 aliphatic carbocycles. The Morgan fingerprint density at radius 2 is 1.77 bits per heavy atom. The Morgan fingerprint density at radius 3 is 2.42 bits per heavy atom. The van der Waals surface area contributed by atoms with E-state index in [0.29, 0.717) is 30.1 Å². The fourth-order valence-electron chi connectivity index (χ4n) is 3.39. The van der Waals surface area contributed by atoms with Crippen LogP contribution in [-0.4, -0.2) is 44.8 Å². The number of hydrogen-bond donors (Lipinski definition) is 1. The SMILES string of the molecule is CCOC(=O)COc1ccc(NC(=O)[C@]2(C)CCCN(c3ccccc3)S2(=O)=O)cc1. The molecule has 166 valence electrons. The maximum atomic E-state index is 13.3. The van der Waals surface area contributed by atoms with Crippen LogP contribution in [0.5, 0.6) is 5.75 Å².